The van der Waals surface area contributed by atoms with Crippen molar-refractivity contribution in [3.05, 3.63) is 0 Å². The Kier molecular flexibility index (Phi) is 9.79. The molecule has 0 unspecified atom stereocenters. The van der Waals surface area contributed by atoms with Gasteiger partial charge in [-0.2, -0.15) is 0 Å². The highest BCUT2D eigenvalue weighted by atomic mass is 28.4. The molecule has 2 N–H and O–H groups in total. The van der Waals surface area contributed by atoms with E-state index in [-0.39, 0.29) is 10.1 Å². The second-order valence-corrected chi connectivity index (χ2v) is 19.7. The van der Waals surface area contributed by atoms with E-state index in [0.29, 0.717) is 26.1 Å². The zero-order chi connectivity index (χ0) is 20.8. The van der Waals surface area contributed by atoms with Crippen molar-refractivity contribution in [1.29, 1.82) is 0 Å². The molecule has 0 aliphatic heterocycles. The molecule has 0 fully saturated rings. The Bertz CT molecular complexity index is 437. The largest absolute Gasteiger partial charge is 0.417 e. The molecule has 0 heterocycles. The molecule has 0 aromatic rings. The molecule has 0 saturated heterocycles. The van der Waals surface area contributed by atoms with Gasteiger partial charge in [-0.25, -0.2) is 0 Å². The van der Waals surface area contributed by atoms with Gasteiger partial charge in [-0.05, 0) is 36.3 Å². The van der Waals surface area contributed by atoms with Crippen LogP contribution in [0.1, 0.15) is 54.4 Å². The van der Waals surface area contributed by atoms with E-state index >= 15 is 0 Å². The van der Waals surface area contributed by atoms with Crippen LogP contribution in [0, 0.1) is 11.8 Å². The molecule has 0 bridgehead atoms. The average molecular weight is 403 g/mol. The second kappa shape index (κ2) is 9.86. The number of rotatable bonds is 8. The summed E-state index contributed by atoms with van der Waals surface area (Å²) in [5.41, 5.74) is 0. The minimum atomic E-state index is -1.79. The van der Waals surface area contributed by atoms with Crippen molar-refractivity contribution in [2.45, 2.75) is 103 Å². The SMILES string of the molecule is CC(C)(C)[Si](C)(C)OCC[C@@H](O)C#C[C@H](O)CCO[Si](C)(C)C(C)(C)C. The summed E-state index contributed by atoms with van der Waals surface area (Å²) in [6, 6.07) is 0. The van der Waals surface area contributed by atoms with Gasteiger partial charge in [-0.15, -0.1) is 0 Å². The molecule has 0 aliphatic rings. The number of aliphatic hydroxyl groups excluding tert-OH is 2. The first-order chi connectivity index (χ1) is 11.5. The summed E-state index contributed by atoms with van der Waals surface area (Å²) in [6.07, 6.45) is -0.606. The molecule has 0 radical (unpaired) electrons. The third kappa shape index (κ3) is 9.16. The number of aliphatic hydroxyl groups is 2. The Morgan fingerprint density at radius 3 is 1.19 bits per heavy atom. The Hall–Kier alpha value is -0.166. The van der Waals surface area contributed by atoms with E-state index in [1.165, 1.54) is 0 Å². The first-order valence-corrected chi connectivity index (χ1v) is 15.5. The summed E-state index contributed by atoms with van der Waals surface area (Å²) in [5, 5.41) is 20.3. The Morgan fingerprint density at radius 2 is 0.962 bits per heavy atom. The van der Waals surface area contributed by atoms with Gasteiger partial charge in [-0.3, -0.25) is 0 Å². The van der Waals surface area contributed by atoms with Crippen LogP contribution >= 0.6 is 0 Å². The fourth-order valence-electron chi connectivity index (χ4n) is 1.62. The summed E-state index contributed by atoms with van der Waals surface area (Å²) in [7, 11) is -3.58. The molecule has 0 saturated carbocycles. The topological polar surface area (TPSA) is 58.9 Å². The molecular formula is C20H42O4Si2. The highest BCUT2D eigenvalue weighted by Gasteiger charge is 2.37. The quantitative estimate of drug-likeness (QED) is 0.462. The molecular weight excluding hydrogens is 360 g/mol. The molecule has 2 atom stereocenters. The van der Waals surface area contributed by atoms with E-state index in [2.05, 4.69) is 79.6 Å². The average Bonchev–Trinajstić information content (AvgIpc) is 2.42. The van der Waals surface area contributed by atoms with Crippen LogP contribution in [-0.2, 0) is 8.85 Å². The molecule has 0 spiro atoms. The summed E-state index contributed by atoms with van der Waals surface area (Å²) < 4.78 is 12.1. The fraction of sp³-hybridized carbons (Fsp3) is 0.900. The predicted octanol–water partition coefficient (Wildman–Crippen LogP) is 4.54. The summed E-state index contributed by atoms with van der Waals surface area (Å²) >= 11 is 0. The van der Waals surface area contributed by atoms with Crippen LogP contribution in [0.15, 0.2) is 0 Å². The van der Waals surface area contributed by atoms with Crippen molar-refractivity contribution in [1.82, 2.24) is 0 Å². The van der Waals surface area contributed by atoms with Crippen molar-refractivity contribution < 1.29 is 19.1 Å². The van der Waals surface area contributed by atoms with E-state index in [0.717, 1.165) is 0 Å². The van der Waals surface area contributed by atoms with Crippen LogP contribution in [0.2, 0.25) is 36.3 Å². The lowest BCUT2D eigenvalue weighted by Gasteiger charge is -2.36. The van der Waals surface area contributed by atoms with Gasteiger partial charge in [0.1, 0.15) is 12.2 Å². The van der Waals surface area contributed by atoms with Crippen molar-refractivity contribution in [3.8, 4) is 11.8 Å². The Balaban J connectivity index is 4.25. The number of hydrogen-bond acceptors (Lipinski definition) is 4. The Labute approximate surface area is 163 Å². The molecule has 4 nitrogen and oxygen atoms in total. The van der Waals surface area contributed by atoms with Gasteiger partial charge in [0.05, 0.1) is 0 Å². The third-order valence-electron chi connectivity index (χ3n) is 5.74. The van der Waals surface area contributed by atoms with Crippen molar-refractivity contribution >= 4 is 16.6 Å². The fourth-order valence-corrected chi connectivity index (χ4v) is 3.74. The minimum Gasteiger partial charge on any atom is -0.417 e. The van der Waals surface area contributed by atoms with E-state index < -0.39 is 28.8 Å². The molecule has 0 amide bonds. The van der Waals surface area contributed by atoms with Gasteiger partial charge in [0.2, 0.25) is 0 Å². The molecule has 154 valence electrons. The highest BCUT2D eigenvalue weighted by Crippen LogP contribution is 2.37. The summed E-state index contributed by atoms with van der Waals surface area (Å²) in [4.78, 5) is 0. The second-order valence-electron chi connectivity index (χ2n) is 10.1. The maximum atomic E-state index is 9.99. The lowest BCUT2D eigenvalue weighted by molar-refractivity contribution is 0.171. The molecule has 0 rings (SSSR count). The summed E-state index contributed by atoms with van der Waals surface area (Å²) in [6.45, 7) is 22.9. The third-order valence-corrected chi connectivity index (χ3v) is 14.8. The van der Waals surface area contributed by atoms with E-state index in [4.69, 9.17) is 8.85 Å². The van der Waals surface area contributed by atoms with E-state index in [1.54, 1.807) is 0 Å². The lowest BCUT2D eigenvalue weighted by atomic mass is 10.2. The van der Waals surface area contributed by atoms with E-state index in [1.807, 2.05) is 0 Å². The molecule has 0 aliphatic carbocycles. The minimum absolute atomic E-state index is 0.157. The zero-order valence-corrected chi connectivity index (χ0v) is 20.7. The van der Waals surface area contributed by atoms with Crippen molar-refractivity contribution in [3.63, 3.8) is 0 Å². The standard InChI is InChI=1S/C20H42O4Si2/c1-19(2,3)25(7,8)23-15-13-17(21)11-12-18(22)14-16-24-26(9,10)20(4,5)6/h17-18,21-22H,13-16H2,1-10H3/t17-,18-/m0/s1. The van der Waals surface area contributed by atoms with Gasteiger partial charge in [0.25, 0.3) is 0 Å². The van der Waals surface area contributed by atoms with Crippen molar-refractivity contribution in [2.24, 2.45) is 0 Å². The molecule has 26 heavy (non-hydrogen) atoms. The van der Waals surface area contributed by atoms with Gasteiger partial charge in [0.15, 0.2) is 16.6 Å². The van der Waals surface area contributed by atoms with Gasteiger partial charge >= 0.3 is 0 Å². The van der Waals surface area contributed by atoms with Crippen LogP contribution in [0.25, 0.3) is 0 Å². The Morgan fingerprint density at radius 1 is 0.692 bits per heavy atom. The lowest BCUT2D eigenvalue weighted by Crippen LogP contribution is -2.41. The molecule has 0 aromatic heterocycles. The van der Waals surface area contributed by atoms with Crippen LogP contribution in [0.5, 0.6) is 0 Å². The maximum Gasteiger partial charge on any atom is 0.191 e. The van der Waals surface area contributed by atoms with Crippen LogP contribution in [0.3, 0.4) is 0 Å². The van der Waals surface area contributed by atoms with Crippen LogP contribution in [0.4, 0.5) is 0 Å². The smallest absolute Gasteiger partial charge is 0.191 e. The molecule has 0 aromatic carbocycles. The highest BCUT2D eigenvalue weighted by molar-refractivity contribution is 6.74. The predicted molar refractivity (Wildman–Crippen MR) is 115 cm³/mol. The van der Waals surface area contributed by atoms with Crippen molar-refractivity contribution in [2.75, 3.05) is 13.2 Å². The number of hydrogen-bond donors (Lipinski definition) is 2. The first-order valence-electron chi connectivity index (χ1n) is 9.65. The summed E-state index contributed by atoms with van der Waals surface area (Å²) in [5.74, 6) is 5.46. The van der Waals surface area contributed by atoms with E-state index in [9.17, 15) is 10.2 Å². The van der Waals surface area contributed by atoms with Crippen LogP contribution < -0.4 is 0 Å². The van der Waals surface area contributed by atoms with Crippen LogP contribution in [-0.4, -0.2) is 52.3 Å². The maximum absolute atomic E-state index is 9.99. The first kappa shape index (κ1) is 25.8. The molecule has 6 heteroatoms. The van der Waals surface area contributed by atoms with Gasteiger partial charge < -0.3 is 19.1 Å². The van der Waals surface area contributed by atoms with Gasteiger partial charge in [0, 0.05) is 26.1 Å². The normalized spacial score (nSPS) is 16.0. The monoisotopic (exact) mass is 402 g/mol. The zero-order valence-electron chi connectivity index (χ0n) is 18.7. The van der Waals surface area contributed by atoms with Gasteiger partial charge in [-0.1, -0.05) is 53.4 Å².